The van der Waals surface area contributed by atoms with Crippen molar-refractivity contribution in [2.75, 3.05) is 26.7 Å². The van der Waals surface area contributed by atoms with Crippen LogP contribution in [-0.4, -0.2) is 43.2 Å². The van der Waals surface area contributed by atoms with Gasteiger partial charge in [0, 0.05) is 13.1 Å². The van der Waals surface area contributed by atoms with Crippen LogP contribution in [0.1, 0.15) is 20.3 Å². The highest BCUT2D eigenvalue weighted by Gasteiger charge is 2.27. The van der Waals surface area contributed by atoms with Crippen LogP contribution in [0, 0.1) is 5.92 Å². The van der Waals surface area contributed by atoms with Gasteiger partial charge in [0.05, 0.1) is 0 Å². The van der Waals surface area contributed by atoms with Gasteiger partial charge in [0.25, 0.3) is 5.91 Å². The van der Waals surface area contributed by atoms with Crippen molar-refractivity contribution >= 4 is 5.91 Å². The molecule has 14 heavy (non-hydrogen) atoms. The van der Waals surface area contributed by atoms with Gasteiger partial charge >= 0.3 is 0 Å². The number of rotatable bonds is 3. The molecule has 0 aromatic heterocycles. The number of nitrogens with one attached hydrogen (secondary N) is 1. The highest BCUT2D eigenvalue weighted by Crippen LogP contribution is 2.14. The van der Waals surface area contributed by atoms with Gasteiger partial charge in [0.2, 0.25) is 0 Å². The Morgan fingerprint density at radius 1 is 1.64 bits per heavy atom. The molecule has 1 rings (SSSR count). The maximum Gasteiger partial charge on any atom is 0.257 e. The molecule has 0 aromatic rings. The second kappa shape index (κ2) is 4.26. The van der Waals surface area contributed by atoms with Gasteiger partial charge in [-0.05, 0) is 39.8 Å². The lowest BCUT2D eigenvalue weighted by Gasteiger charge is -2.16. The van der Waals surface area contributed by atoms with E-state index in [1.165, 1.54) is 13.8 Å². The molecule has 1 saturated heterocycles. The van der Waals surface area contributed by atoms with E-state index >= 15 is 0 Å². The van der Waals surface area contributed by atoms with Crippen LogP contribution in [-0.2, 0) is 4.79 Å². The fourth-order valence-corrected chi connectivity index (χ4v) is 1.64. The predicted octanol–water partition coefficient (Wildman–Crippen LogP) is 0.802. The zero-order valence-corrected chi connectivity index (χ0v) is 9.14. The molecular formula is C10H19FN2O. The summed E-state index contributed by atoms with van der Waals surface area (Å²) < 4.78 is 13.1. The van der Waals surface area contributed by atoms with Crippen LogP contribution in [0.25, 0.3) is 0 Å². The largest absolute Gasteiger partial charge is 0.353 e. The van der Waals surface area contributed by atoms with Crippen LogP contribution < -0.4 is 5.32 Å². The number of alkyl halides is 1. The van der Waals surface area contributed by atoms with Crippen LogP contribution in [0.2, 0.25) is 0 Å². The molecule has 1 heterocycles. The fraction of sp³-hybridized carbons (Fsp3) is 0.900. The molecule has 1 aliphatic heterocycles. The summed E-state index contributed by atoms with van der Waals surface area (Å²) in [5.74, 6) is -0.0293. The second-order valence-corrected chi connectivity index (χ2v) is 4.60. The van der Waals surface area contributed by atoms with E-state index < -0.39 is 11.6 Å². The van der Waals surface area contributed by atoms with Crippen LogP contribution >= 0.6 is 0 Å². The summed E-state index contributed by atoms with van der Waals surface area (Å²) in [7, 11) is 2.06. The average molecular weight is 202 g/mol. The molecule has 1 fully saturated rings. The van der Waals surface area contributed by atoms with Gasteiger partial charge in [0.1, 0.15) is 0 Å². The zero-order chi connectivity index (χ0) is 10.8. The first-order valence-corrected chi connectivity index (χ1v) is 5.05. The van der Waals surface area contributed by atoms with Crippen molar-refractivity contribution in [1.29, 1.82) is 0 Å². The quantitative estimate of drug-likeness (QED) is 0.734. The molecule has 4 heteroatoms. The molecule has 82 valence electrons. The van der Waals surface area contributed by atoms with E-state index in [-0.39, 0.29) is 0 Å². The normalized spacial score (nSPS) is 23.9. The van der Waals surface area contributed by atoms with Crippen molar-refractivity contribution in [2.24, 2.45) is 5.92 Å². The van der Waals surface area contributed by atoms with Gasteiger partial charge in [-0.2, -0.15) is 0 Å². The lowest BCUT2D eigenvalue weighted by atomic mass is 10.1. The lowest BCUT2D eigenvalue weighted by Crippen LogP contribution is -2.41. The van der Waals surface area contributed by atoms with Crippen molar-refractivity contribution < 1.29 is 9.18 Å². The lowest BCUT2D eigenvalue weighted by molar-refractivity contribution is -0.130. The molecule has 0 aliphatic carbocycles. The molecule has 1 atom stereocenters. The molecular weight excluding hydrogens is 183 g/mol. The third kappa shape index (κ3) is 3.25. The molecule has 3 nitrogen and oxygen atoms in total. The van der Waals surface area contributed by atoms with E-state index in [2.05, 4.69) is 17.3 Å². The Balaban J connectivity index is 2.24. The van der Waals surface area contributed by atoms with Crippen molar-refractivity contribution in [3.05, 3.63) is 0 Å². The van der Waals surface area contributed by atoms with Crippen molar-refractivity contribution in [2.45, 2.75) is 25.9 Å². The smallest absolute Gasteiger partial charge is 0.257 e. The highest BCUT2D eigenvalue weighted by atomic mass is 19.1. The minimum absolute atomic E-state index is 0.478. The van der Waals surface area contributed by atoms with Crippen LogP contribution in [0.4, 0.5) is 4.39 Å². The third-order valence-corrected chi connectivity index (χ3v) is 2.58. The minimum atomic E-state index is -1.76. The van der Waals surface area contributed by atoms with Crippen LogP contribution in [0.5, 0.6) is 0 Å². The number of amides is 1. The monoisotopic (exact) mass is 202 g/mol. The van der Waals surface area contributed by atoms with Crippen molar-refractivity contribution in [3.8, 4) is 0 Å². The SMILES string of the molecule is CN1CCC(CNC(=O)C(C)(C)F)C1. The van der Waals surface area contributed by atoms with E-state index in [0.29, 0.717) is 12.5 Å². The molecule has 1 aliphatic rings. The maximum atomic E-state index is 13.1. The number of carbonyl (C=O) groups is 1. The molecule has 1 N–H and O–H groups in total. The van der Waals surface area contributed by atoms with Crippen molar-refractivity contribution in [3.63, 3.8) is 0 Å². The first kappa shape index (κ1) is 11.4. The summed E-state index contributed by atoms with van der Waals surface area (Å²) in [6.07, 6.45) is 1.09. The first-order chi connectivity index (χ1) is 6.39. The molecule has 0 radical (unpaired) electrons. The summed E-state index contributed by atoms with van der Waals surface area (Å²) in [6, 6.07) is 0. The van der Waals surface area contributed by atoms with Gasteiger partial charge in [-0.25, -0.2) is 4.39 Å². The molecule has 1 amide bonds. The van der Waals surface area contributed by atoms with E-state index in [4.69, 9.17) is 0 Å². The topological polar surface area (TPSA) is 32.3 Å². The zero-order valence-electron chi connectivity index (χ0n) is 9.14. The van der Waals surface area contributed by atoms with E-state index in [9.17, 15) is 9.18 Å². The number of hydrogen-bond donors (Lipinski definition) is 1. The Morgan fingerprint density at radius 3 is 2.71 bits per heavy atom. The summed E-state index contributed by atoms with van der Waals surface area (Å²) in [5.41, 5.74) is -1.76. The number of hydrogen-bond acceptors (Lipinski definition) is 2. The standard InChI is InChI=1S/C10H19FN2O/c1-10(2,11)9(14)12-6-8-4-5-13(3)7-8/h8H,4-7H2,1-3H3,(H,12,14). The second-order valence-electron chi connectivity index (χ2n) is 4.60. The first-order valence-electron chi connectivity index (χ1n) is 5.05. The molecule has 0 spiro atoms. The van der Waals surface area contributed by atoms with Gasteiger partial charge in [-0.3, -0.25) is 4.79 Å². The number of halogens is 1. The fourth-order valence-electron chi connectivity index (χ4n) is 1.64. The number of nitrogens with zero attached hydrogens (tertiary/aromatic N) is 1. The van der Waals surface area contributed by atoms with Crippen LogP contribution in [0.3, 0.4) is 0 Å². The Kier molecular flexibility index (Phi) is 3.48. The van der Waals surface area contributed by atoms with Crippen molar-refractivity contribution in [1.82, 2.24) is 10.2 Å². The molecule has 0 aromatic carbocycles. The Labute approximate surface area is 84.7 Å². The minimum Gasteiger partial charge on any atom is -0.353 e. The number of carbonyl (C=O) groups excluding carboxylic acids is 1. The van der Waals surface area contributed by atoms with E-state index in [1.54, 1.807) is 0 Å². The Morgan fingerprint density at radius 2 is 2.29 bits per heavy atom. The van der Waals surface area contributed by atoms with Gasteiger partial charge in [-0.1, -0.05) is 0 Å². The number of likely N-dealkylation sites (tertiary alicyclic amines) is 1. The Hall–Kier alpha value is -0.640. The summed E-state index contributed by atoms with van der Waals surface area (Å²) in [6.45, 7) is 5.22. The summed E-state index contributed by atoms with van der Waals surface area (Å²) >= 11 is 0. The highest BCUT2D eigenvalue weighted by molar-refractivity contribution is 5.84. The molecule has 0 saturated carbocycles. The van der Waals surface area contributed by atoms with E-state index in [0.717, 1.165) is 19.5 Å². The summed E-state index contributed by atoms with van der Waals surface area (Å²) in [4.78, 5) is 13.4. The average Bonchev–Trinajstić information content (AvgIpc) is 2.45. The molecule has 1 unspecified atom stereocenters. The maximum absolute atomic E-state index is 13.1. The third-order valence-electron chi connectivity index (χ3n) is 2.58. The van der Waals surface area contributed by atoms with Gasteiger partial charge in [-0.15, -0.1) is 0 Å². The molecule has 0 bridgehead atoms. The van der Waals surface area contributed by atoms with E-state index in [1.807, 2.05) is 0 Å². The predicted molar refractivity (Wildman–Crippen MR) is 53.8 cm³/mol. The van der Waals surface area contributed by atoms with Gasteiger partial charge < -0.3 is 10.2 Å². The van der Waals surface area contributed by atoms with Gasteiger partial charge in [0.15, 0.2) is 5.67 Å². The Bertz CT molecular complexity index is 213. The van der Waals surface area contributed by atoms with Crippen LogP contribution in [0.15, 0.2) is 0 Å². The summed E-state index contributed by atoms with van der Waals surface area (Å²) in [5, 5.41) is 2.64.